The van der Waals surface area contributed by atoms with E-state index in [0.29, 0.717) is 12.5 Å². The summed E-state index contributed by atoms with van der Waals surface area (Å²) in [5.41, 5.74) is -0.782. The molecular formula is C22H19F2N3O5. The van der Waals surface area contributed by atoms with E-state index >= 15 is 0 Å². The number of benzene rings is 1. The van der Waals surface area contributed by atoms with Gasteiger partial charge in [0, 0.05) is 30.8 Å². The van der Waals surface area contributed by atoms with Gasteiger partial charge in [-0.15, -0.1) is 0 Å². The molecule has 1 unspecified atom stereocenters. The number of rotatable bonds is 3. The van der Waals surface area contributed by atoms with Crippen molar-refractivity contribution in [3.63, 3.8) is 0 Å². The lowest BCUT2D eigenvalue weighted by molar-refractivity contribution is 0.0109. The first-order valence-electron chi connectivity index (χ1n) is 10.3. The van der Waals surface area contributed by atoms with Crippen LogP contribution in [-0.4, -0.2) is 32.6 Å². The highest BCUT2D eigenvalue weighted by Gasteiger charge is 2.44. The van der Waals surface area contributed by atoms with E-state index < -0.39 is 46.4 Å². The highest BCUT2D eigenvalue weighted by Crippen LogP contribution is 2.40. The molecule has 2 amide bonds. The average Bonchev–Trinajstić information content (AvgIpc) is 3.14. The van der Waals surface area contributed by atoms with Crippen LogP contribution in [0.15, 0.2) is 40.6 Å². The molecule has 10 heteroatoms. The number of ether oxygens (including phenoxy) is 1. The van der Waals surface area contributed by atoms with Gasteiger partial charge in [0.15, 0.2) is 17.7 Å². The monoisotopic (exact) mass is 443 g/mol. The number of allylic oxidation sites excluding steroid dienone is 2. The minimum absolute atomic E-state index is 0.0314. The Balaban J connectivity index is 1.43. The maximum Gasteiger partial charge on any atom is 0.281 e. The second-order valence-corrected chi connectivity index (χ2v) is 7.96. The van der Waals surface area contributed by atoms with E-state index in [0.717, 1.165) is 36.8 Å². The van der Waals surface area contributed by atoms with Crippen LogP contribution in [0, 0.1) is 11.6 Å². The van der Waals surface area contributed by atoms with Crippen molar-refractivity contribution >= 4 is 11.8 Å². The van der Waals surface area contributed by atoms with Gasteiger partial charge in [0.2, 0.25) is 5.43 Å². The number of aromatic hydroxyl groups is 1. The van der Waals surface area contributed by atoms with E-state index in [1.807, 2.05) is 0 Å². The van der Waals surface area contributed by atoms with Crippen molar-refractivity contribution in [3.05, 3.63) is 74.5 Å². The molecule has 1 atom stereocenters. The fourth-order valence-corrected chi connectivity index (χ4v) is 4.40. The van der Waals surface area contributed by atoms with E-state index in [9.17, 15) is 28.3 Å². The topological polar surface area (TPSA) is 101 Å². The van der Waals surface area contributed by atoms with Crippen molar-refractivity contribution < 1.29 is 28.2 Å². The number of aromatic nitrogens is 1. The molecule has 3 heterocycles. The standard InChI is InChI=1S/C22H19F2N3O5/c23-12-6-5-11(14(24)7-12)8-25-21(30)13-9-26-10-17-27(15-3-1-2-4-16(15)32-17)22(31)18(26)20(29)19(13)28/h5-7,9,17,29H,1-4,8,10H2,(H,25,30). The van der Waals surface area contributed by atoms with E-state index in [2.05, 4.69) is 5.32 Å². The van der Waals surface area contributed by atoms with Gasteiger partial charge in [-0.05, 0) is 25.3 Å². The van der Waals surface area contributed by atoms with Crippen molar-refractivity contribution in [2.45, 2.75) is 45.0 Å². The largest absolute Gasteiger partial charge is 0.503 e. The Morgan fingerprint density at radius 3 is 2.78 bits per heavy atom. The summed E-state index contributed by atoms with van der Waals surface area (Å²) in [6.45, 7) is -0.156. The lowest BCUT2D eigenvalue weighted by atomic mass is 10.0. The molecule has 1 aromatic carbocycles. The summed E-state index contributed by atoms with van der Waals surface area (Å²) < 4.78 is 34.1. The molecule has 0 saturated carbocycles. The zero-order valence-electron chi connectivity index (χ0n) is 16.9. The quantitative estimate of drug-likeness (QED) is 0.759. The number of nitrogens with zero attached hydrogens (tertiary/aromatic N) is 2. The fourth-order valence-electron chi connectivity index (χ4n) is 4.40. The van der Waals surface area contributed by atoms with Crippen molar-refractivity contribution in [2.75, 3.05) is 0 Å². The smallest absolute Gasteiger partial charge is 0.281 e. The number of amides is 2. The summed E-state index contributed by atoms with van der Waals surface area (Å²) in [7, 11) is 0. The number of pyridine rings is 1. The Morgan fingerprint density at radius 1 is 1.22 bits per heavy atom. The van der Waals surface area contributed by atoms with E-state index in [1.165, 1.54) is 21.7 Å². The molecule has 1 aromatic heterocycles. The molecule has 0 bridgehead atoms. The van der Waals surface area contributed by atoms with Crippen molar-refractivity contribution in [1.82, 2.24) is 14.8 Å². The van der Waals surface area contributed by atoms with Gasteiger partial charge in [-0.25, -0.2) is 8.78 Å². The highest BCUT2D eigenvalue weighted by atomic mass is 19.1. The summed E-state index contributed by atoms with van der Waals surface area (Å²) >= 11 is 0. The van der Waals surface area contributed by atoms with Gasteiger partial charge in [-0.1, -0.05) is 6.07 Å². The zero-order chi connectivity index (χ0) is 22.6. The van der Waals surface area contributed by atoms with Gasteiger partial charge in [-0.3, -0.25) is 19.3 Å². The van der Waals surface area contributed by atoms with Gasteiger partial charge in [-0.2, -0.15) is 0 Å². The third-order valence-electron chi connectivity index (χ3n) is 5.98. The molecule has 5 rings (SSSR count). The van der Waals surface area contributed by atoms with Gasteiger partial charge in [0.25, 0.3) is 11.8 Å². The third kappa shape index (κ3) is 3.14. The number of carbonyl (C=O) groups is 2. The van der Waals surface area contributed by atoms with Crippen LogP contribution in [0.3, 0.4) is 0 Å². The maximum atomic E-state index is 13.8. The highest BCUT2D eigenvalue weighted by molar-refractivity contribution is 6.00. The Bertz CT molecular complexity index is 1250. The SMILES string of the molecule is O=C(NCc1ccc(F)cc1F)c1cn2c(c(O)c1=O)C(=O)N1C3=C(CCCC3)OC1C2. The van der Waals surface area contributed by atoms with Crippen LogP contribution in [-0.2, 0) is 17.8 Å². The molecule has 0 radical (unpaired) electrons. The predicted molar refractivity (Wildman–Crippen MR) is 106 cm³/mol. The van der Waals surface area contributed by atoms with E-state index in [1.54, 1.807) is 0 Å². The number of halogens is 2. The van der Waals surface area contributed by atoms with Gasteiger partial charge in [0.05, 0.1) is 12.2 Å². The first-order chi connectivity index (χ1) is 15.3. The molecule has 0 saturated heterocycles. The Labute approximate surface area is 180 Å². The second kappa shape index (κ2) is 7.47. The zero-order valence-corrected chi connectivity index (χ0v) is 16.9. The molecule has 166 valence electrons. The lowest BCUT2D eigenvalue weighted by Gasteiger charge is -2.33. The summed E-state index contributed by atoms with van der Waals surface area (Å²) in [6, 6.07) is 2.92. The molecule has 3 aliphatic rings. The van der Waals surface area contributed by atoms with Crippen molar-refractivity contribution in [1.29, 1.82) is 0 Å². The van der Waals surface area contributed by atoms with Crippen LogP contribution < -0.4 is 10.7 Å². The Morgan fingerprint density at radius 2 is 2.00 bits per heavy atom. The molecule has 2 aromatic rings. The number of nitrogens with one attached hydrogen (secondary N) is 1. The van der Waals surface area contributed by atoms with E-state index in [4.69, 9.17) is 4.74 Å². The van der Waals surface area contributed by atoms with Crippen molar-refractivity contribution in [2.24, 2.45) is 0 Å². The number of hydrogen-bond acceptors (Lipinski definition) is 5. The molecule has 2 aliphatic heterocycles. The number of carbonyl (C=O) groups excluding carboxylic acids is 2. The minimum Gasteiger partial charge on any atom is -0.503 e. The molecule has 8 nitrogen and oxygen atoms in total. The average molecular weight is 443 g/mol. The second-order valence-electron chi connectivity index (χ2n) is 7.96. The van der Waals surface area contributed by atoms with Crippen LogP contribution in [0.4, 0.5) is 8.78 Å². The van der Waals surface area contributed by atoms with Crippen LogP contribution in [0.25, 0.3) is 0 Å². The lowest BCUT2D eigenvalue weighted by Crippen LogP contribution is -2.46. The van der Waals surface area contributed by atoms with Crippen LogP contribution in [0.5, 0.6) is 5.75 Å². The summed E-state index contributed by atoms with van der Waals surface area (Å²) in [5, 5.41) is 12.9. The third-order valence-corrected chi connectivity index (χ3v) is 5.98. The molecule has 0 fully saturated rings. The molecular weight excluding hydrogens is 424 g/mol. The predicted octanol–water partition coefficient (Wildman–Crippen LogP) is 2.36. The van der Waals surface area contributed by atoms with Crippen LogP contribution in [0.1, 0.15) is 52.1 Å². The van der Waals surface area contributed by atoms with Gasteiger partial charge in [0.1, 0.15) is 23.0 Å². The van der Waals surface area contributed by atoms with Gasteiger partial charge >= 0.3 is 0 Å². The molecule has 32 heavy (non-hydrogen) atoms. The summed E-state index contributed by atoms with van der Waals surface area (Å²) in [6.07, 6.45) is 3.88. The van der Waals surface area contributed by atoms with Crippen LogP contribution in [0.2, 0.25) is 0 Å². The first-order valence-corrected chi connectivity index (χ1v) is 10.3. The first kappa shape index (κ1) is 20.2. The molecule has 0 spiro atoms. The summed E-state index contributed by atoms with van der Waals surface area (Å²) in [5.74, 6) is -3.06. The maximum absolute atomic E-state index is 13.8. The van der Waals surface area contributed by atoms with Crippen molar-refractivity contribution in [3.8, 4) is 5.75 Å². The minimum atomic E-state index is -1.00. The van der Waals surface area contributed by atoms with E-state index in [-0.39, 0.29) is 24.3 Å². The Kier molecular flexibility index (Phi) is 4.72. The fraction of sp³-hybridized carbons (Fsp3) is 0.318. The Hall–Kier alpha value is -3.69. The summed E-state index contributed by atoms with van der Waals surface area (Å²) in [4.78, 5) is 39.9. The molecule has 1 aliphatic carbocycles. The normalized spacial score (nSPS) is 19.2. The number of fused-ring (bicyclic) bond motifs is 3. The van der Waals surface area contributed by atoms with Gasteiger partial charge < -0.3 is 19.7 Å². The number of hydrogen-bond donors (Lipinski definition) is 2. The molecule has 2 N–H and O–H groups in total. The van der Waals surface area contributed by atoms with Crippen LogP contribution >= 0.6 is 0 Å².